The van der Waals surface area contributed by atoms with Crippen LogP contribution in [0.1, 0.15) is 52.4 Å². The van der Waals surface area contributed by atoms with Crippen molar-refractivity contribution in [2.45, 2.75) is 33.6 Å². The molecule has 0 atom stereocenters. The maximum atomic E-state index is 12.4. The Morgan fingerprint density at radius 1 is 1.27 bits per heavy atom. The maximum Gasteiger partial charge on any atom is 0.337 e. The summed E-state index contributed by atoms with van der Waals surface area (Å²) in [6.45, 7) is 5.89. The minimum Gasteiger partial charge on any atom is -0.478 e. The molecule has 0 fully saturated rings. The van der Waals surface area contributed by atoms with Gasteiger partial charge < -0.3 is 5.11 Å². The molecule has 22 heavy (non-hydrogen) atoms. The molecule has 1 aliphatic rings. The molecule has 5 nitrogen and oxygen atoms in total. The fourth-order valence-corrected chi connectivity index (χ4v) is 3.18. The summed E-state index contributed by atoms with van der Waals surface area (Å²) in [6, 6.07) is 6.74. The van der Waals surface area contributed by atoms with E-state index in [1.807, 2.05) is 13.8 Å². The largest absolute Gasteiger partial charge is 0.478 e. The second kappa shape index (κ2) is 4.80. The second-order valence-electron chi connectivity index (χ2n) is 6.58. The summed E-state index contributed by atoms with van der Waals surface area (Å²) in [5.41, 5.74) is 2.67. The van der Waals surface area contributed by atoms with Gasteiger partial charge in [0.25, 0.3) is 0 Å². The Morgan fingerprint density at radius 2 is 1.95 bits per heavy atom. The molecule has 0 unspecified atom stereocenters. The van der Waals surface area contributed by atoms with Crippen LogP contribution in [0.2, 0.25) is 0 Å². The smallest absolute Gasteiger partial charge is 0.337 e. The molecule has 1 aromatic heterocycles. The van der Waals surface area contributed by atoms with Gasteiger partial charge in [0.1, 0.15) is 0 Å². The molecule has 0 saturated carbocycles. The number of carbonyl (C=O) groups is 2. The van der Waals surface area contributed by atoms with Gasteiger partial charge in [0.15, 0.2) is 5.78 Å². The van der Waals surface area contributed by atoms with Crippen molar-refractivity contribution in [1.82, 2.24) is 9.78 Å². The van der Waals surface area contributed by atoms with Crippen molar-refractivity contribution in [3.05, 3.63) is 46.8 Å². The highest BCUT2D eigenvalue weighted by atomic mass is 16.4. The zero-order chi connectivity index (χ0) is 16.1. The summed E-state index contributed by atoms with van der Waals surface area (Å²) < 4.78 is 1.63. The van der Waals surface area contributed by atoms with Crippen LogP contribution in [0, 0.1) is 12.3 Å². The number of carboxylic acids is 1. The van der Waals surface area contributed by atoms with E-state index in [-0.39, 0.29) is 16.8 Å². The first-order valence-electron chi connectivity index (χ1n) is 7.24. The molecular formula is C17H18N2O3. The van der Waals surface area contributed by atoms with Gasteiger partial charge in [-0.3, -0.25) is 4.79 Å². The van der Waals surface area contributed by atoms with Crippen molar-refractivity contribution < 1.29 is 14.7 Å². The first kappa shape index (κ1) is 14.5. The van der Waals surface area contributed by atoms with Gasteiger partial charge in [-0.1, -0.05) is 26.0 Å². The molecule has 0 spiro atoms. The lowest BCUT2D eigenvalue weighted by Crippen LogP contribution is -2.28. The standard InChI is InChI=1S/C17H18N2O3/c1-10-15-13(8-17(2,3)9-14(15)20)19(18-10)12-7-5-4-6-11(12)16(21)22/h4-7H,8-9H2,1-3H3,(H,21,22). The van der Waals surface area contributed by atoms with Crippen LogP contribution in [0.4, 0.5) is 0 Å². The first-order valence-corrected chi connectivity index (χ1v) is 7.24. The van der Waals surface area contributed by atoms with Crippen molar-refractivity contribution in [3.63, 3.8) is 0 Å². The molecule has 114 valence electrons. The highest BCUT2D eigenvalue weighted by Gasteiger charge is 2.36. The van der Waals surface area contributed by atoms with Crippen LogP contribution in [-0.2, 0) is 6.42 Å². The van der Waals surface area contributed by atoms with Crippen molar-refractivity contribution >= 4 is 11.8 Å². The summed E-state index contributed by atoms with van der Waals surface area (Å²) in [7, 11) is 0. The predicted molar refractivity (Wildman–Crippen MR) is 81.7 cm³/mol. The summed E-state index contributed by atoms with van der Waals surface area (Å²) in [6.07, 6.45) is 1.19. The zero-order valence-electron chi connectivity index (χ0n) is 12.9. The number of carbonyl (C=O) groups excluding carboxylic acids is 1. The minimum absolute atomic E-state index is 0.0859. The first-order chi connectivity index (χ1) is 10.3. The fourth-order valence-electron chi connectivity index (χ4n) is 3.18. The Labute approximate surface area is 128 Å². The van der Waals surface area contributed by atoms with Gasteiger partial charge in [-0.2, -0.15) is 5.10 Å². The number of aromatic nitrogens is 2. The van der Waals surface area contributed by atoms with Crippen molar-refractivity contribution in [2.75, 3.05) is 0 Å². The van der Waals surface area contributed by atoms with Gasteiger partial charge in [-0.25, -0.2) is 9.48 Å². The number of carboxylic acid groups (broad SMARTS) is 1. The predicted octanol–water partition coefficient (Wildman–Crippen LogP) is 3.03. The number of aromatic carboxylic acids is 1. The molecular weight excluding hydrogens is 280 g/mol. The number of ketones is 1. The number of rotatable bonds is 2. The number of hydrogen-bond acceptors (Lipinski definition) is 3. The lowest BCUT2D eigenvalue weighted by molar-refractivity contribution is 0.0696. The average Bonchev–Trinajstić information content (AvgIpc) is 2.74. The number of nitrogens with zero attached hydrogens (tertiary/aromatic N) is 2. The molecule has 1 heterocycles. The Bertz CT molecular complexity index is 787. The van der Waals surface area contributed by atoms with Gasteiger partial charge in [0.2, 0.25) is 0 Å². The average molecular weight is 298 g/mol. The summed E-state index contributed by atoms with van der Waals surface area (Å²) in [5, 5.41) is 13.8. The van der Waals surface area contributed by atoms with Crippen molar-refractivity contribution in [1.29, 1.82) is 0 Å². The molecule has 3 rings (SSSR count). The van der Waals surface area contributed by atoms with Crippen LogP contribution in [0.25, 0.3) is 5.69 Å². The van der Waals surface area contributed by atoms with E-state index in [9.17, 15) is 14.7 Å². The van der Waals surface area contributed by atoms with Crippen molar-refractivity contribution in [2.24, 2.45) is 5.41 Å². The minimum atomic E-state index is -1.00. The van der Waals surface area contributed by atoms with Crippen molar-refractivity contribution in [3.8, 4) is 5.69 Å². The van der Waals surface area contributed by atoms with Crippen LogP contribution >= 0.6 is 0 Å². The molecule has 1 aliphatic carbocycles. The summed E-state index contributed by atoms with van der Waals surface area (Å²) >= 11 is 0. The molecule has 5 heteroatoms. The number of hydrogen-bond donors (Lipinski definition) is 1. The van der Waals surface area contributed by atoms with Gasteiger partial charge in [-0.15, -0.1) is 0 Å². The van der Waals surface area contributed by atoms with E-state index < -0.39 is 5.97 Å². The van der Waals surface area contributed by atoms with E-state index in [0.717, 1.165) is 5.69 Å². The van der Waals surface area contributed by atoms with E-state index >= 15 is 0 Å². The lowest BCUT2D eigenvalue weighted by atomic mass is 9.75. The number of aryl methyl sites for hydroxylation is 1. The van der Waals surface area contributed by atoms with Gasteiger partial charge in [0, 0.05) is 6.42 Å². The third kappa shape index (κ3) is 2.22. The summed E-state index contributed by atoms with van der Waals surface area (Å²) in [5.74, 6) is -0.915. The topological polar surface area (TPSA) is 72.2 Å². The van der Waals surface area contributed by atoms with E-state index in [2.05, 4.69) is 5.10 Å². The highest BCUT2D eigenvalue weighted by molar-refractivity contribution is 6.00. The molecule has 2 aromatic rings. The lowest BCUT2D eigenvalue weighted by Gasteiger charge is -2.29. The maximum absolute atomic E-state index is 12.4. The Kier molecular flexibility index (Phi) is 3.16. The van der Waals surface area contributed by atoms with E-state index in [0.29, 0.717) is 29.8 Å². The van der Waals surface area contributed by atoms with E-state index in [1.165, 1.54) is 0 Å². The number of Topliss-reactive ketones (excluding diaryl/α,β-unsaturated/α-hetero) is 1. The van der Waals surface area contributed by atoms with Crippen LogP contribution in [0.5, 0.6) is 0 Å². The molecule has 1 N–H and O–H groups in total. The van der Waals surface area contributed by atoms with Gasteiger partial charge in [0.05, 0.1) is 28.2 Å². The Balaban J connectivity index is 2.25. The van der Waals surface area contributed by atoms with Gasteiger partial charge >= 0.3 is 5.97 Å². The molecule has 0 aliphatic heterocycles. The monoisotopic (exact) mass is 298 g/mol. The molecule has 0 bridgehead atoms. The molecule has 0 saturated heterocycles. The molecule has 0 amide bonds. The highest BCUT2D eigenvalue weighted by Crippen LogP contribution is 2.37. The second-order valence-corrected chi connectivity index (χ2v) is 6.58. The molecule has 0 radical (unpaired) electrons. The quantitative estimate of drug-likeness (QED) is 0.925. The molecule has 1 aromatic carbocycles. The normalized spacial score (nSPS) is 16.4. The van der Waals surface area contributed by atoms with Crippen LogP contribution in [-0.4, -0.2) is 26.6 Å². The zero-order valence-corrected chi connectivity index (χ0v) is 12.9. The summed E-state index contributed by atoms with van der Waals surface area (Å²) in [4.78, 5) is 23.9. The van der Waals surface area contributed by atoms with Crippen LogP contribution in [0.3, 0.4) is 0 Å². The SMILES string of the molecule is Cc1nn(-c2ccccc2C(=O)O)c2c1C(=O)CC(C)(C)C2. The fraction of sp³-hybridized carbons (Fsp3) is 0.353. The van der Waals surface area contributed by atoms with E-state index in [1.54, 1.807) is 35.9 Å². The Morgan fingerprint density at radius 3 is 2.64 bits per heavy atom. The van der Waals surface area contributed by atoms with Crippen LogP contribution in [0.15, 0.2) is 24.3 Å². The Hall–Kier alpha value is -2.43. The third-order valence-corrected chi connectivity index (χ3v) is 4.08. The van der Waals surface area contributed by atoms with Crippen LogP contribution < -0.4 is 0 Å². The van der Waals surface area contributed by atoms with Gasteiger partial charge in [-0.05, 0) is 30.9 Å². The number of para-hydroxylation sites is 1. The third-order valence-electron chi connectivity index (χ3n) is 4.08. The van der Waals surface area contributed by atoms with E-state index in [4.69, 9.17) is 0 Å². The number of benzene rings is 1. The number of fused-ring (bicyclic) bond motifs is 1.